The van der Waals surface area contributed by atoms with Crippen molar-refractivity contribution in [1.82, 2.24) is 20.2 Å². The van der Waals surface area contributed by atoms with Gasteiger partial charge in [-0.1, -0.05) is 31.0 Å². The van der Waals surface area contributed by atoms with E-state index >= 15 is 0 Å². The molecule has 18 heavy (non-hydrogen) atoms. The van der Waals surface area contributed by atoms with Crippen molar-refractivity contribution in [1.29, 1.82) is 0 Å². The third-order valence-electron chi connectivity index (χ3n) is 2.30. The molecule has 4 nitrogen and oxygen atoms in total. The lowest BCUT2D eigenvalue weighted by molar-refractivity contribution is -0.333. The van der Waals surface area contributed by atoms with Crippen LogP contribution in [0.2, 0.25) is 0 Å². The highest BCUT2D eigenvalue weighted by Crippen LogP contribution is 2.38. The van der Waals surface area contributed by atoms with Gasteiger partial charge in [-0.15, -0.1) is 10.2 Å². The summed E-state index contributed by atoms with van der Waals surface area (Å²) in [6.45, 7) is 2.00. The van der Waals surface area contributed by atoms with E-state index in [4.69, 9.17) is 0 Å². The van der Waals surface area contributed by atoms with E-state index in [2.05, 4.69) is 15.4 Å². The normalized spacial score (nSPS) is 13.0. The fourth-order valence-electron chi connectivity index (χ4n) is 1.29. The first-order valence-corrected chi connectivity index (χ1v) is 5.53. The summed E-state index contributed by atoms with van der Waals surface area (Å²) in [5.74, 6) is -0.102. The summed E-state index contributed by atoms with van der Waals surface area (Å²) in [6, 6.07) is -5.12. The van der Waals surface area contributed by atoms with Gasteiger partial charge in [-0.2, -0.15) is 22.0 Å². The van der Waals surface area contributed by atoms with Crippen molar-refractivity contribution in [2.24, 2.45) is 0 Å². The van der Waals surface area contributed by atoms with Crippen molar-refractivity contribution in [3.8, 4) is 0 Å². The highest BCUT2D eigenvalue weighted by atomic mass is 19.4. The Labute approximate surface area is 100 Å². The molecule has 0 fully saturated rings. The Kier molecular flexibility index (Phi) is 4.58. The van der Waals surface area contributed by atoms with E-state index in [0.717, 1.165) is 19.3 Å². The van der Waals surface area contributed by atoms with Crippen LogP contribution in [0.1, 0.15) is 38.4 Å². The summed E-state index contributed by atoms with van der Waals surface area (Å²) in [5.41, 5.74) is 0. The number of hydrogen-bond donors (Lipinski definition) is 0. The zero-order valence-corrected chi connectivity index (χ0v) is 9.71. The minimum absolute atomic E-state index is 0.102. The molecule has 0 amide bonds. The predicted octanol–water partition coefficient (Wildman–Crippen LogP) is 2.91. The van der Waals surface area contributed by atoms with Crippen molar-refractivity contribution in [2.45, 2.75) is 51.3 Å². The second-order valence-corrected chi connectivity index (χ2v) is 3.84. The predicted molar refractivity (Wildman–Crippen MR) is 51.9 cm³/mol. The molecule has 0 saturated carbocycles. The van der Waals surface area contributed by atoms with Crippen LogP contribution in [0.5, 0.6) is 0 Å². The summed E-state index contributed by atoms with van der Waals surface area (Å²) in [4.78, 5) is -0.678. The Morgan fingerprint density at radius 1 is 1.06 bits per heavy atom. The number of rotatable bonds is 6. The number of unbranched alkanes of at least 4 members (excludes halogenated alkanes) is 3. The minimum atomic E-state index is -5.73. The molecule has 0 aliphatic heterocycles. The summed E-state index contributed by atoms with van der Waals surface area (Å²) in [5, 5.41) is 9.02. The smallest absolute Gasteiger partial charge is 0.169 e. The van der Waals surface area contributed by atoms with Gasteiger partial charge in [0.1, 0.15) is 0 Å². The van der Waals surface area contributed by atoms with Crippen LogP contribution < -0.4 is 0 Å². The van der Waals surface area contributed by atoms with Crippen LogP contribution in [0.15, 0.2) is 0 Å². The molecule has 0 aliphatic rings. The highest BCUT2D eigenvalue weighted by molar-refractivity contribution is 4.79. The number of nitrogens with zero attached hydrogens (tertiary/aromatic N) is 4. The Morgan fingerprint density at radius 2 is 1.72 bits per heavy atom. The van der Waals surface area contributed by atoms with E-state index in [1.54, 1.807) is 0 Å². The van der Waals surface area contributed by atoms with Crippen LogP contribution in [0.25, 0.3) is 0 Å². The summed E-state index contributed by atoms with van der Waals surface area (Å²) in [6.07, 6.45) is -2.04. The van der Waals surface area contributed by atoms with E-state index in [9.17, 15) is 22.0 Å². The molecular formula is C9H13F5N4. The zero-order chi connectivity index (χ0) is 13.8. The van der Waals surface area contributed by atoms with Gasteiger partial charge in [0.2, 0.25) is 0 Å². The summed E-state index contributed by atoms with van der Waals surface area (Å²) in [7, 11) is 0. The van der Waals surface area contributed by atoms with Crippen LogP contribution in [0.3, 0.4) is 0 Å². The topological polar surface area (TPSA) is 43.6 Å². The van der Waals surface area contributed by atoms with Crippen molar-refractivity contribution in [3.05, 3.63) is 5.82 Å². The number of hydrogen-bond acceptors (Lipinski definition) is 3. The van der Waals surface area contributed by atoms with Crippen LogP contribution >= 0.6 is 0 Å². The van der Waals surface area contributed by atoms with Crippen molar-refractivity contribution < 1.29 is 22.0 Å². The maximum absolute atomic E-state index is 12.8. The Balaban J connectivity index is 2.63. The molecule has 1 aromatic heterocycles. The lowest BCUT2D eigenvalue weighted by Gasteiger charge is -2.16. The van der Waals surface area contributed by atoms with Gasteiger partial charge in [0.25, 0.3) is 0 Å². The van der Waals surface area contributed by atoms with Gasteiger partial charge in [0.15, 0.2) is 5.82 Å². The van der Waals surface area contributed by atoms with Gasteiger partial charge in [-0.3, -0.25) is 0 Å². The number of alkyl halides is 5. The van der Waals surface area contributed by atoms with Crippen LogP contribution in [0.4, 0.5) is 22.0 Å². The quantitative estimate of drug-likeness (QED) is 0.590. The maximum atomic E-state index is 12.8. The molecule has 0 atom stereocenters. The van der Waals surface area contributed by atoms with Crippen LogP contribution in [-0.4, -0.2) is 26.4 Å². The van der Waals surface area contributed by atoms with E-state index in [0.29, 0.717) is 6.42 Å². The number of aromatic nitrogens is 4. The maximum Gasteiger partial charge on any atom is 0.479 e. The summed E-state index contributed by atoms with van der Waals surface area (Å²) >= 11 is 0. The molecule has 1 rings (SSSR count). The lowest BCUT2D eigenvalue weighted by Crippen LogP contribution is -2.41. The van der Waals surface area contributed by atoms with Gasteiger partial charge in [-0.25, -0.2) is 0 Å². The van der Waals surface area contributed by atoms with Crippen molar-refractivity contribution >= 4 is 0 Å². The number of halogens is 5. The average molecular weight is 272 g/mol. The van der Waals surface area contributed by atoms with Crippen molar-refractivity contribution in [2.75, 3.05) is 0 Å². The minimum Gasteiger partial charge on any atom is -0.169 e. The fourth-order valence-corrected chi connectivity index (χ4v) is 1.29. The van der Waals surface area contributed by atoms with Gasteiger partial charge < -0.3 is 0 Å². The largest absolute Gasteiger partial charge is 0.479 e. The Morgan fingerprint density at radius 3 is 2.28 bits per heavy atom. The molecule has 0 radical (unpaired) electrons. The molecule has 9 heteroatoms. The zero-order valence-electron chi connectivity index (χ0n) is 9.71. The summed E-state index contributed by atoms with van der Waals surface area (Å²) < 4.78 is 61.6. The second kappa shape index (κ2) is 5.57. The molecule has 0 N–H and O–H groups in total. The third-order valence-corrected chi connectivity index (χ3v) is 2.30. The third kappa shape index (κ3) is 3.36. The molecule has 0 bridgehead atoms. The lowest BCUT2D eigenvalue weighted by atomic mass is 10.1. The van der Waals surface area contributed by atoms with E-state index in [1.165, 1.54) is 0 Å². The van der Waals surface area contributed by atoms with Gasteiger partial charge in [0.05, 0.1) is 0 Å². The molecule has 0 aliphatic carbocycles. The average Bonchev–Trinajstić information content (AvgIpc) is 2.72. The SMILES string of the molecule is CCCCCCc1nnn(C(F)(F)C(F)(F)F)n1. The van der Waals surface area contributed by atoms with E-state index in [1.807, 2.05) is 6.92 Å². The Hall–Kier alpha value is -1.28. The highest BCUT2D eigenvalue weighted by Gasteiger charge is 2.61. The molecule has 104 valence electrons. The molecule has 1 heterocycles. The van der Waals surface area contributed by atoms with Crippen molar-refractivity contribution in [3.63, 3.8) is 0 Å². The second-order valence-electron chi connectivity index (χ2n) is 3.84. The standard InChI is InChI=1S/C9H13F5N4/c1-2-3-4-5-6-7-15-17-18(16-7)9(13,14)8(10,11)12/h2-6H2,1H3. The van der Waals surface area contributed by atoms with E-state index < -0.39 is 17.0 Å². The molecule has 1 aromatic rings. The first-order valence-electron chi connectivity index (χ1n) is 5.53. The number of aryl methyl sites for hydroxylation is 1. The van der Waals surface area contributed by atoms with E-state index in [-0.39, 0.29) is 12.2 Å². The molecule has 0 unspecified atom stereocenters. The number of tetrazole rings is 1. The molecular weight excluding hydrogens is 259 g/mol. The van der Waals surface area contributed by atoms with Gasteiger partial charge in [0, 0.05) is 6.42 Å². The molecule has 0 saturated heterocycles. The first-order chi connectivity index (χ1) is 8.29. The van der Waals surface area contributed by atoms with Gasteiger partial charge in [-0.05, 0) is 11.6 Å². The van der Waals surface area contributed by atoms with Gasteiger partial charge >= 0.3 is 12.2 Å². The Bertz CT molecular complexity index is 373. The molecule has 0 aromatic carbocycles. The first kappa shape index (κ1) is 14.8. The molecule has 0 spiro atoms. The monoisotopic (exact) mass is 272 g/mol. The van der Waals surface area contributed by atoms with Crippen LogP contribution in [0, 0.1) is 0 Å². The fraction of sp³-hybridized carbons (Fsp3) is 0.889. The van der Waals surface area contributed by atoms with Crippen LogP contribution in [-0.2, 0) is 12.5 Å².